The van der Waals surface area contributed by atoms with Crippen LogP contribution in [0.1, 0.15) is 50.9 Å². The molecule has 0 aliphatic carbocycles. The van der Waals surface area contributed by atoms with E-state index in [1.807, 2.05) is 6.20 Å². The van der Waals surface area contributed by atoms with E-state index in [-0.39, 0.29) is 0 Å². The molecule has 0 fully saturated rings. The van der Waals surface area contributed by atoms with Crippen LogP contribution in [0.5, 0.6) is 0 Å². The highest BCUT2D eigenvalue weighted by Crippen LogP contribution is 2.12. The van der Waals surface area contributed by atoms with Gasteiger partial charge < -0.3 is 5.32 Å². The van der Waals surface area contributed by atoms with Crippen LogP contribution in [0.25, 0.3) is 0 Å². The Hall–Kier alpha value is -0.830. The molecule has 0 amide bonds. The zero-order valence-electron chi connectivity index (χ0n) is 10.4. The Balaban J connectivity index is 2.48. The second-order valence-corrected chi connectivity index (χ2v) is 4.32. The van der Waals surface area contributed by atoms with Crippen molar-refractivity contribution < 1.29 is 0 Å². The summed E-state index contributed by atoms with van der Waals surface area (Å²) in [5.41, 5.74) is 2.61. The van der Waals surface area contributed by atoms with E-state index >= 15 is 0 Å². The van der Waals surface area contributed by atoms with Gasteiger partial charge in [0.2, 0.25) is 0 Å². The first-order valence-electron chi connectivity index (χ1n) is 5.90. The quantitative estimate of drug-likeness (QED) is 0.730. The molecule has 1 N–H and O–H groups in total. The van der Waals surface area contributed by atoms with Crippen LogP contribution >= 0.6 is 0 Å². The molecule has 1 aromatic heterocycles. The van der Waals surface area contributed by atoms with Crippen molar-refractivity contribution in [2.45, 2.75) is 53.1 Å². The van der Waals surface area contributed by atoms with Crippen molar-refractivity contribution in [3.8, 4) is 0 Å². The highest BCUT2D eigenvalue weighted by Gasteiger charge is 2.07. The van der Waals surface area contributed by atoms with Gasteiger partial charge in [-0.05, 0) is 33.7 Å². The monoisotopic (exact) mass is 209 g/mol. The minimum absolute atomic E-state index is 0.453. The maximum Gasteiger partial charge on any atom is 0.0537 e. The molecule has 1 heterocycles. The van der Waals surface area contributed by atoms with Gasteiger partial charge in [-0.1, -0.05) is 13.3 Å². The summed E-state index contributed by atoms with van der Waals surface area (Å²) in [6, 6.07) is 0.453. The number of unbranched alkanes of at least 4 members (excludes halogenated alkanes) is 1. The molecule has 0 unspecified atom stereocenters. The van der Waals surface area contributed by atoms with Crippen LogP contribution in [0.3, 0.4) is 0 Å². The lowest BCUT2D eigenvalue weighted by Crippen LogP contribution is -2.15. The van der Waals surface area contributed by atoms with Crippen molar-refractivity contribution >= 4 is 0 Å². The van der Waals surface area contributed by atoms with Crippen LogP contribution in [0.2, 0.25) is 0 Å². The van der Waals surface area contributed by atoms with E-state index in [4.69, 9.17) is 0 Å². The van der Waals surface area contributed by atoms with Gasteiger partial charge in [-0.15, -0.1) is 0 Å². The molecule has 15 heavy (non-hydrogen) atoms. The van der Waals surface area contributed by atoms with E-state index in [0.29, 0.717) is 6.04 Å². The first-order chi connectivity index (χ1) is 7.16. The van der Waals surface area contributed by atoms with Crippen LogP contribution in [-0.2, 0) is 6.54 Å². The molecule has 0 atom stereocenters. The molecular weight excluding hydrogens is 186 g/mol. The van der Waals surface area contributed by atoms with Gasteiger partial charge in [-0.2, -0.15) is 5.10 Å². The van der Waals surface area contributed by atoms with Gasteiger partial charge in [-0.3, -0.25) is 4.68 Å². The fraction of sp³-hybridized carbons (Fsp3) is 0.750. The van der Waals surface area contributed by atoms with Gasteiger partial charge in [0, 0.05) is 23.8 Å². The summed E-state index contributed by atoms with van der Waals surface area (Å²) in [4.78, 5) is 0. The number of nitrogens with one attached hydrogen (secondary N) is 1. The van der Waals surface area contributed by atoms with E-state index in [0.717, 1.165) is 13.1 Å². The van der Waals surface area contributed by atoms with Gasteiger partial charge in [0.15, 0.2) is 0 Å². The number of aromatic nitrogens is 2. The zero-order valence-corrected chi connectivity index (χ0v) is 10.4. The minimum atomic E-state index is 0.453. The zero-order chi connectivity index (χ0) is 11.3. The normalized spacial score (nSPS) is 11.3. The number of hydrogen-bond donors (Lipinski definition) is 1. The molecule has 1 rings (SSSR count). The first-order valence-corrected chi connectivity index (χ1v) is 5.90. The van der Waals surface area contributed by atoms with Gasteiger partial charge >= 0.3 is 0 Å². The molecule has 3 heteroatoms. The summed E-state index contributed by atoms with van der Waals surface area (Å²) in [5, 5.41) is 7.83. The summed E-state index contributed by atoms with van der Waals surface area (Å²) in [6.07, 6.45) is 4.48. The van der Waals surface area contributed by atoms with Crippen LogP contribution < -0.4 is 5.32 Å². The minimum Gasteiger partial charge on any atom is -0.313 e. The van der Waals surface area contributed by atoms with Crippen molar-refractivity contribution in [3.05, 3.63) is 17.5 Å². The van der Waals surface area contributed by atoms with Crippen molar-refractivity contribution in [2.75, 3.05) is 6.54 Å². The Kier molecular flexibility index (Phi) is 4.82. The van der Waals surface area contributed by atoms with Crippen LogP contribution in [0.4, 0.5) is 0 Å². The van der Waals surface area contributed by atoms with Crippen molar-refractivity contribution in [3.63, 3.8) is 0 Å². The molecule has 0 saturated heterocycles. The van der Waals surface area contributed by atoms with Crippen molar-refractivity contribution in [1.82, 2.24) is 15.1 Å². The molecule has 3 nitrogen and oxygen atoms in total. The van der Waals surface area contributed by atoms with E-state index in [1.54, 1.807) is 0 Å². The van der Waals surface area contributed by atoms with Crippen LogP contribution in [0.15, 0.2) is 6.20 Å². The highest BCUT2D eigenvalue weighted by atomic mass is 15.3. The largest absolute Gasteiger partial charge is 0.313 e. The average Bonchev–Trinajstić information content (AvgIpc) is 2.55. The Morgan fingerprint density at radius 2 is 2.20 bits per heavy atom. The van der Waals surface area contributed by atoms with Gasteiger partial charge in [-0.25, -0.2) is 0 Å². The lowest BCUT2D eigenvalue weighted by atomic mass is 10.2. The molecule has 0 spiro atoms. The molecule has 1 aromatic rings. The van der Waals surface area contributed by atoms with Gasteiger partial charge in [0.25, 0.3) is 0 Å². The molecule has 0 bridgehead atoms. The summed E-state index contributed by atoms with van der Waals surface area (Å²) in [5.74, 6) is 0. The summed E-state index contributed by atoms with van der Waals surface area (Å²) >= 11 is 0. The Morgan fingerprint density at radius 1 is 1.47 bits per heavy atom. The fourth-order valence-corrected chi connectivity index (χ4v) is 1.68. The summed E-state index contributed by atoms with van der Waals surface area (Å²) in [7, 11) is 0. The van der Waals surface area contributed by atoms with E-state index < -0.39 is 0 Å². The number of rotatable bonds is 6. The maximum absolute atomic E-state index is 4.39. The second kappa shape index (κ2) is 5.91. The predicted molar refractivity (Wildman–Crippen MR) is 64.0 cm³/mol. The van der Waals surface area contributed by atoms with E-state index in [2.05, 4.69) is 42.8 Å². The lowest BCUT2D eigenvalue weighted by molar-refractivity contribution is 0.517. The van der Waals surface area contributed by atoms with Gasteiger partial charge in [0.1, 0.15) is 0 Å². The third-order valence-corrected chi connectivity index (χ3v) is 2.66. The molecule has 0 aliphatic rings. The Bertz CT molecular complexity index is 289. The maximum atomic E-state index is 4.39. The summed E-state index contributed by atoms with van der Waals surface area (Å²) in [6.45, 7) is 10.7. The average molecular weight is 209 g/mol. The van der Waals surface area contributed by atoms with Crippen LogP contribution in [0, 0.1) is 6.92 Å². The first kappa shape index (κ1) is 12.2. The second-order valence-electron chi connectivity index (χ2n) is 4.32. The molecule has 0 aliphatic heterocycles. The third kappa shape index (κ3) is 3.34. The van der Waals surface area contributed by atoms with Crippen molar-refractivity contribution in [1.29, 1.82) is 0 Å². The molecule has 0 saturated carbocycles. The Labute approximate surface area is 92.9 Å². The smallest absolute Gasteiger partial charge is 0.0537 e. The third-order valence-electron chi connectivity index (χ3n) is 2.66. The predicted octanol–water partition coefficient (Wildman–Crippen LogP) is 2.66. The topological polar surface area (TPSA) is 29.9 Å². The van der Waals surface area contributed by atoms with Crippen LogP contribution in [-0.4, -0.2) is 16.3 Å². The molecular formula is C12H23N3. The number of nitrogens with zero attached hydrogens (tertiary/aromatic N) is 2. The molecule has 86 valence electrons. The van der Waals surface area contributed by atoms with Crippen molar-refractivity contribution in [2.24, 2.45) is 0 Å². The van der Waals surface area contributed by atoms with E-state index in [1.165, 1.54) is 24.1 Å². The van der Waals surface area contributed by atoms with Gasteiger partial charge in [0.05, 0.1) is 6.20 Å². The lowest BCUT2D eigenvalue weighted by Gasteiger charge is -2.09. The van der Waals surface area contributed by atoms with E-state index in [9.17, 15) is 0 Å². The SMILES string of the molecule is CCCCNCc1cnn(C(C)C)c1C. The molecule has 0 radical (unpaired) electrons. The molecule has 0 aromatic carbocycles. The fourth-order valence-electron chi connectivity index (χ4n) is 1.68. The number of hydrogen-bond acceptors (Lipinski definition) is 2. The summed E-state index contributed by atoms with van der Waals surface area (Å²) < 4.78 is 2.08. The standard InChI is InChI=1S/C12H23N3/c1-5-6-7-13-8-12-9-14-15(10(2)3)11(12)4/h9-10,13H,5-8H2,1-4H3. The Morgan fingerprint density at radius 3 is 2.73 bits per heavy atom. The highest BCUT2D eigenvalue weighted by molar-refractivity contribution is 5.16.